The Morgan fingerprint density at radius 2 is 1.64 bits per heavy atom. The number of carboxylic acid groups (broad SMARTS) is 1. The molecule has 0 aliphatic carbocycles. The number of likely N-dealkylation sites (N-methyl/N-ethyl adjacent to an activating group) is 1. The molecule has 0 radical (unpaired) electrons. The molecule has 0 fully saturated rings. The zero-order chi connectivity index (χ0) is 23.4. The van der Waals surface area contributed by atoms with Crippen molar-refractivity contribution in [3.8, 4) is 28.7 Å². The fourth-order valence-electron chi connectivity index (χ4n) is 3.75. The molecule has 0 aromatic heterocycles. The zero-order valence-corrected chi connectivity index (χ0v) is 21.5. The monoisotopic (exact) mass is 535 g/mol. The lowest BCUT2D eigenvalue weighted by Crippen LogP contribution is -3.06. The van der Waals surface area contributed by atoms with Crippen LogP contribution in [-0.4, -0.2) is 82.1 Å². The van der Waals surface area contributed by atoms with Crippen LogP contribution in [0.1, 0.15) is 31.8 Å². The van der Waals surface area contributed by atoms with Gasteiger partial charge in [0.25, 0.3) is 0 Å². The second-order valence-electron chi connectivity index (χ2n) is 7.62. The molecule has 8 N–H and O–H groups in total. The smallest absolute Gasteiger partial charge is 0.340 e. The number of benzene rings is 2. The van der Waals surface area contributed by atoms with Crippen molar-refractivity contribution < 1.29 is 72.1 Å². The highest BCUT2D eigenvalue weighted by molar-refractivity contribution is 6.09. The van der Waals surface area contributed by atoms with Crippen LogP contribution in [0.5, 0.6) is 28.7 Å². The summed E-state index contributed by atoms with van der Waals surface area (Å²) in [5, 5.41) is 9.79. The number of methoxy groups -OCH3 is 3. The summed E-state index contributed by atoms with van der Waals surface area (Å²) in [6, 6.07) is 4.82. The average molecular weight is 536 g/mol. The van der Waals surface area contributed by atoms with Crippen LogP contribution in [0.15, 0.2) is 18.2 Å². The van der Waals surface area contributed by atoms with E-state index in [1.165, 1.54) is 38.4 Å². The van der Waals surface area contributed by atoms with Crippen LogP contribution in [0.25, 0.3) is 0 Å². The molecule has 2 aromatic carbocycles. The van der Waals surface area contributed by atoms with Gasteiger partial charge in [0.2, 0.25) is 12.5 Å². The van der Waals surface area contributed by atoms with E-state index in [4.69, 9.17) is 23.7 Å². The van der Waals surface area contributed by atoms with Crippen LogP contribution in [-0.2, 0) is 12.8 Å². The molecule has 12 nitrogen and oxygen atoms in total. The first-order valence-corrected chi connectivity index (χ1v) is 10.1. The quantitative estimate of drug-likeness (QED) is 0.285. The van der Waals surface area contributed by atoms with Crippen molar-refractivity contribution in [2.45, 2.75) is 12.8 Å². The molecular weight excluding hydrogens is 502 g/mol. The summed E-state index contributed by atoms with van der Waals surface area (Å²) in [5.74, 6) is 0.00413. The number of Topliss-reactive ketones (excluding diaryl/α,β-unsaturated/α-hetero) is 1. The fraction of sp³-hybridized carbons (Fsp3) is 0.391. The van der Waals surface area contributed by atoms with Crippen LogP contribution in [0.2, 0.25) is 0 Å². The molecule has 13 heteroatoms. The Morgan fingerprint density at radius 1 is 1.00 bits per heavy atom. The first-order chi connectivity index (χ1) is 15.3. The highest BCUT2D eigenvalue weighted by atomic mass is 35.5. The van der Waals surface area contributed by atoms with Gasteiger partial charge in [-0.25, -0.2) is 4.79 Å². The van der Waals surface area contributed by atoms with Gasteiger partial charge in [-0.15, -0.1) is 0 Å². The van der Waals surface area contributed by atoms with E-state index in [2.05, 4.69) is 0 Å². The maximum absolute atomic E-state index is 13.4. The molecule has 0 spiro atoms. The molecule has 1 heterocycles. The summed E-state index contributed by atoms with van der Waals surface area (Å²) in [6.45, 7) is 0.890. The average Bonchev–Trinajstić information content (AvgIpc) is 3.24. The Balaban J connectivity index is 0. The van der Waals surface area contributed by atoms with E-state index in [1.807, 2.05) is 20.2 Å². The highest BCUT2D eigenvalue weighted by Gasteiger charge is 2.29. The summed E-state index contributed by atoms with van der Waals surface area (Å²) in [5.41, 5.74) is 1.32. The van der Waals surface area contributed by atoms with E-state index in [-0.39, 0.29) is 70.5 Å². The number of fused-ring (bicyclic) bond motifs is 1. The number of quaternary nitrogens is 1. The van der Waals surface area contributed by atoms with E-state index in [1.54, 1.807) is 0 Å². The second kappa shape index (κ2) is 15.0. The predicted octanol–water partition coefficient (Wildman–Crippen LogP) is -4.22. The van der Waals surface area contributed by atoms with Crippen molar-refractivity contribution in [2.75, 3.05) is 48.8 Å². The molecule has 0 amide bonds. The van der Waals surface area contributed by atoms with Crippen molar-refractivity contribution in [1.82, 2.24) is 0 Å². The molecule has 0 atom stereocenters. The van der Waals surface area contributed by atoms with Crippen molar-refractivity contribution in [2.24, 2.45) is 0 Å². The minimum atomic E-state index is -1.28. The Bertz CT molecular complexity index is 1040. The zero-order valence-electron chi connectivity index (χ0n) is 20.7. The van der Waals surface area contributed by atoms with Crippen molar-refractivity contribution in [3.05, 3.63) is 40.5 Å². The van der Waals surface area contributed by atoms with Gasteiger partial charge in [0.15, 0.2) is 28.8 Å². The summed E-state index contributed by atoms with van der Waals surface area (Å²) < 4.78 is 27.1. The summed E-state index contributed by atoms with van der Waals surface area (Å²) in [4.78, 5) is 26.6. The minimum Gasteiger partial charge on any atom is -1.00 e. The maximum atomic E-state index is 13.4. The molecule has 0 saturated heterocycles. The molecule has 2 aromatic rings. The minimum absolute atomic E-state index is 0. The van der Waals surface area contributed by atoms with Gasteiger partial charge in [-0.3, -0.25) is 4.79 Å². The maximum Gasteiger partial charge on any atom is 0.340 e. The number of carboxylic acids is 1. The molecule has 1 aliphatic heterocycles. The van der Waals surface area contributed by atoms with E-state index < -0.39 is 5.97 Å². The number of hydrogen-bond acceptors (Lipinski definition) is 7. The van der Waals surface area contributed by atoms with Gasteiger partial charge >= 0.3 is 5.97 Å². The van der Waals surface area contributed by atoms with Gasteiger partial charge in [0.05, 0.1) is 42.0 Å². The molecular formula is C23H34ClNO11. The highest BCUT2D eigenvalue weighted by Crippen LogP contribution is 2.45. The Kier molecular flexibility index (Phi) is 14.5. The Hall–Kier alpha value is -3.29. The number of ether oxygens (including phenoxy) is 5. The van der Waals surface area contributed by atoms with Crippen LogP contribution >= 0.6 is 0 Å². The van der Waals surface area contributed by atoms with Gasteiger partial charge < -0.3 is 62.5 Å². The van der Waals surface area contributed by atoms with Crippen LogP contribution < -0.4 is 41.0 Å². The lowest BCUT2D eigenvalue weighted by atomic mass is 9.92. The van der Waals surface area contributed by atoms with E-state index >= 15 is 0 Å². The lowest BCUT2D eigenvalue weighted by Gasteiger charge is -2.18. The normalized spacial score (nSPS) is 10.7. The third kappa shape index (κ3) is 6.89. The van der Waals surface area contributed by atoms with Crippen molar-refractivity contribution in [1.29, 1.82) is 0 Å². The topological polar surface area (TPSA) is 199 Å². The fourth-order valence-corrected chi connectivity index (χ4v) is 3.75. The van der Waals surface area contributed by atoms with Gasteiger partial charge in [-0.05, 0) is 23.8 Å². The number of ketones is 1. The first kappa shape index (κ1) is 34.9. The van der Waals surface area contributed by atoms with E-state index in [0.717, 1.165) is 12.1 Å². The van der Waals surface area contributed by atoms with Crippen LogP contribution in [0.3, 0.4) is 0 Å². The Morgan fingerprint density at radius 3 is 2.17 bits per heavy atom. The number of halogens is 1. The van der Waals surface area contributed by atoms with Gasteiger partial charge in [0, 0.05) is 24.0 Å². The third-order valence-corrected chi connectivity index (χ3v) is 5.31. The molecule has 0 unspecified atom stereocenters. The number of aromatic carboxylic acids is 1. The molecule has 0 saturated carbocycles. The largest absolute Gasteiger partial charge is 1.00 e. The Labute approximate surface area is 215 Å². The summed E-state index contributed by atoms with van der Waals surface area (Å²) in [7, 11) is 8.32. The van der Waals surface area contributed by atoms with E-state index in [0.29, 0.717) is 29.2 Å². The standard InChI is InChI=1S/C23H27NO8.ClH.3H2O/c1-24(2)9-8-13-10-18-22(32-12-31-18)20(29-4)15(13)11-16(25)14-6-7-17(28-3)21(30-5)19(14)23(26)27;;;;/h6-7,10H,8-9,11-12H2,1-5H3,(H,26,27);1H;3*1H2. The number of carbonyl (C=O) groups is 2. The van der Waals surface area contributed by atoms with Gasteiger partial charge in [-0.2, -0.15) is 0 Å². The molecule has 0 bridgehead atoms. The molecule has 36 heavy (non-hydrogen) atoms. The summed E-state index contributed by atoms with van der Waals surface area (Å²) in [6.07, 6.45) is 0.601. The second-order valence-corrected chi connectivity index (χ2v) is 7.62. The van der Waals surface area contributed by atoms with Crippen LogP contribution in [0.4, 0.5) is 0 Å². The molecule has 1 aliphatic rings. The van der Waals surface area contributed by atoms with Crippen molar-refractivity contribution in [3.63, 3.8) is 0 Å². The van der Waals surface area contributed by atoms with E-state index in [9.17, 15) is 14.7 Å². The number of hydrogen-bond donors (Lipinski definition) is 2. The first-order valence-electron chi connectivity index (χ1n) is 10.1. The SMILES string of the molecule is COc1ccc(C(=O)Cc2c(CC[NH+](C)C)cc3c(c2OC)OCO3)c(C(=O)O)c1OC.O.O.O.[Cl-]. The van der Waals surface area contributed by atoms with Crippen LogP contribution in [0, 0.1) is 0 Å². The lowest BCUT2D eigenvalue weighted by molar-refractivity contribution is -0.858. The van der Waals surface area contributed by atoms with Gasteiger partial charge in [0.1, 0.15) is 5.56 Å². The molecule has 3 rings (SSSR count). The number of nitrogens with one attached hydrogen (secondary N) is 1. The molecule has 204 valence electrons. The third-order valence-electron chi connectivity index (χ3n) is 5.31. The van der Waals surface area contributed by atoms with Crippen molar-refractivity contribution >= 4 is 11.8 Å². The number of carbonyl (C=O) groups excluding carboxylic acids is 1. The predicted molar refractivity (Wildman–Crippen MR) is 126 cm³/mol. The number of rotatable bonds is 10. The summed E-state index contributed by atoms with van der Waals surface area (Å²) >= 11 is 0. The van der Waals surface area contributed by atoms with Gasteiger partial charge in [-0.1, -0.05) is 0 Å².